The van der Waals surface area contributed by atoms with Crippen molar-refractivity contribution in [3.05, 3.63) is 41.1 Å². The lowest BCUT2D eigenvalue weighted by atomic mass is 9.90. The van der Waals surface area contributed by atoms with Gasteiger partial charge >= 0.3 is 0 Å². The predicted octanol–water partition coefficient (Wildman–Crippen LogP) is 3.24. The Balaban J connectivity index is 1.92. The highest BCUT2D eigenvalue weighted by atomic mass is 16.3. The van der Waals surface area contributed by atoms with E-state index in [2.05, 4.69) is 12.0 Å². The summed E-state index contributed by atoms with van der Waals surface area (Å²) < 4.78 is 7.50. The molecule has 0 spiro atoms. The number of hydrogen-bond donors (Lipinski definition) is 0. The first-order valence-corrected chi connectivity index (χ1v) is 7.83. The molecule has 1 aliphatic rings. The van der Waals surface area contributed by atoms with Crippen LogP contribution in [-0.4, -0.2) is 27.1 Å². The van der Waals surface area contributed by atoms with Gasteiger partial charge in [0.2, 0.25) is 0 Å². The highest BCUT2D eigenvalue weighted by Crippen LogP contribution is 2.36. The summed E-state index contributed by atoms with van der Waals surface area (Å²) in [4.78, 5) is 14.9. The summed E-state index contributed by atoms with van der Waals surface area (Å²) in [5, 5.41) is 4.29. The molecule has 2 atom stereocenters. The zero-order valence-electron chi connectivity index (χ0n) is 13.7. The van der Waals surface area contributed by atoms with E-state index in [0.29, 0.717) is 11.5 Å². The van der Waals surface area contributed by atoms with E-state index < -0.39 is 0 Å². The summed E-state index contributed by atoms with van der Waals surface area (Å²) in [6, 6.07) is 3.98. The van der Waals surface area contributed by atoms with Gasteiger partial charge < -0.3 is 9.32 Å². The smallest absolute Gasteiger partial charge is 0.257 e. The number of likely N-dealkylation sites (tertiary alicyclic amines) is 1. The van der Waals surface area contributed by atoms with Crippen LogP contribution in [0.4, 0.5) is 0 Å². The second-order valence-electron chi connectivity index (χ2n) is 6.39. The van der Waals surface area contributed by atoms with Crippen LogP contribution in [0.5, 0.6) is 0 Å². The van der Waals surface area contributed by atoms with Crippen LogP contribution >= 0.6 is 0 Å². The zero-order valence-corrected chi connectivity index (χ0v) is 13.7. The van der Waals surface area contributed by atoms with E-state index in [4.69, 9.17) is 4.42 Å². The summed E-state index contributed by atoms with van der Waals surface area (Å²) in [6.07, 6.45) is 3.78. The summed E-state index contributed by atoms with van der Waals surface area (Å²) in [5.74, 6) is 2.42. The van der Waals surface area contributed by atoms with Crippen LogP contribution in [0, 0.1) is 19.8 Å². The Morgan fingerprint density at radius 2 is 2.14 bits per heavy atom. The molecule has 1 saturated heterocycles. The summed E-state index contributed by atoms with van der Waals surface area (Å²) in [7, 11) is 1.84. The Labute approximate surface area is 130 Å². The van der Waals surface area contributed by atoms with E-state index in [9.17, 15) is 4.79 Å². The van der Waals surface area contributed by atoms with Crippen LogP contribution in [0.15, 0.2) is 22.7 Å². The van der Waals surface area contributed by atoms with Crippen molar-refractivity contribution in [3.8, 4) is 0 Å². The van der Waals surface area contributed by atoms with Gasteiger partial charge in [-0.3, -0.25) is 9.48 Å². The Bertz CT molecular complexity index is 686. The Kier molecular flexibility index (Phi) is 3.81. The average molecular weight is 301 g/mol. The fourth-order valence-corrected chi connectivity index (χ4v) is 3.25. The van der Waals surface area contributed by atoms with Crippen LogP contribution < -0.4 is 0 Å². The molecule has 0 aliphatic carbocycles. The SMILES string of the molecule is Cc1ccc([C@@H]2C[C@@H](C)CCN2C(=O)c2cn(C)nc2C)o1. The molecule has 0 radical (unpaired) electrons. The van der Waals surface area contributed by atoms with Gasteiger partial charge in [-0.2, -0.15) is 5.10 Å². The number of hydrogen-bond acceptors (Lipinski definition) is 3. The van der Waals surface area contributed by atoms with Gasteiger partial charge in [-0.05, 0) is 44.7 Å². The van der Waals surface area contributed by atoms with Crippen molar-refractivity contribution in [2.24, 2.45) is 13.0 Å². The Morgan fingerprint density at radius 3 is 2.73 bits per heavy atom. The van der Waals surface area contributed by atoms with Gasteiger partial charge in [0, 0.05) is 19.8 Å². The number of aryl methyl sites for hydroxylation is 3. The molecular formula is C17H23N3O2. The van der Waals surface area contributed by atoms with Gasteiger partial charge in [0.25, 0.3) is 5.91 Å². The second kappa shape index (κ2) is 5.63. The topological polar surface area (TPSA) is 51.3 Å². The number of amides is 1. The van der Waals surface area contributed by atoms with Crippen LogP contribution in [-0.2, 0) is 7.05 Å². The summed E-state index contributed by atoms with van der Waals surface area (Å²) >= 11 is 0. The number of rotatable bonds is 2. The third-order valence-electron chi connectivity index (χ3n) is 4.46. The molecule has 22 heavy (non-hydrogen) atoms. The van der Waals surface area contributed by atoms with E-state index >= 15 is 0 Å². The molecule has 2 aromatic rings. The fourth-order valence-electron chi connectivity index (χ4n) is 3.25. The number of furan rings is 1. The van der Waals surface area contributed by atoms with Crippen molar-refractivity contribution in [1.82, 2.24) is 14.7 Å². The van der Waals surface area contributed by atoms with Crippen LogP contribution in [0.3, 0.4) is 0 Å². The molecule has 5 heteroatoms. The molecule has 3 heterocycles. The molecular weight excluding hydrogens is 278 g/mol. The third kappa shape index (κ3) is 2.67. The lowest BCUT2D eigenvalue weighted by molar-refractivity contribution is 0.0518. The first-order chi connectivity index (χ1) is 10.5. The van der Waals surface area contributed by atoms with Crippen molar-refractivity contribution in [2.45, 2.75) is 39.7 Å². The van der Waals surface area contributed by atoms with Gasteiger partial charge in [0.15, 0.2) is 0 Å². The van der Waals surface area contributed by atoms with Crippen molar-refractivity contribution < 1.29 is 9.21 Å². The molecule has 0 N–H and O–H groups in total. The molecule has 118 valence electrons. The summed E-state index contributed by atoms with van der Waals surface area (Å²) in [6.45, 7) is 6.82. The maximum atomic E-state index is 13.0. The molecule has 0 bridgehead atoms. The minimum absolute atomic E-state index is 0.0181. The first-order valence-electron chi connectivity index (χ1n) is 7.83. The van der Waals surface area contributed by atoms with Gasteiger partial charge in [-0.25, -0.2) is 0 Å². The van der Waals surface area contributed by atoms with Crippen LogP contribution in [0.25, 0.3) is 0 Å². The predicted molar refractivity (Wildman–Crippen MR) is 83.6 cm³/mol. The quantitative estimate of drug-likeness (QED) is 0.855. The molecule has 0 saturated carbocycles. The van der Waals surface area contributed by atoms with E-state index in [0.717, 1.165) is 36.6 Å². The van der Waals surface area contributed by atoms with Gasteiger partial charge in [0.1, 0.15) is 11.5 Å². The van der Waals surface area contributed by atoms with Crippen LogP contribution in [0.2, 0.25) is 0 Å². The number of piperidine rings is 1. The average Bonchev–Trinajstić information content (AvgIpc) is 3.03. The first kappa shape index (κ1) is 14.9. The molecule has 2 aromatic heterocycles. The molecule has 0 unspecified atom stereocenters. The monoisotopic (exact) mass is 301 g/mol. The van der Waals surface area contributed by atoms with Gasteiger partial charge in [-0.1, -0.05) is 6.92 Å². The lowest BCUT2D eigenvalue weighted by Crippen LogP contribution is -2.40. The van der Waals surface area contributed by atoms with Gasteiger partial charge in [0.05, 0.1) is 17.3 Å². The molecule has 1 fully saturated rings. The van der Waals surface area contributed by atoms with E-state index in [-0.39, 0.29) is 11.9 Å². The Morgan fingerprint density at radius 1 is 1.36 bits per heavy atom. The van der Waals surface area contributed by atoms with E-state index in [1.165, 1.54) is 0 Å². The van der Waals surface area contributed by atoms with E-state index in [1.807, 2.05) is 37.9 Å². The van der Waals surface area contributed by atoms with E-state index in [1.54, 1.807) is 10.9 Å². The molecule has 1 aliphatic heterocycles. The normalized spacial score (nSPS) is 22.1. The third-order valence-corrected chi connectivity index (χ3v) is 4.46. The number of carbonyl (C=O) groups excluding carboxylic acids is 1. The summed E-state index contributed by atoms with van der Waals surface area (Å²) in [5.41, 5.74) is 1.46. The lowest BCUT2D eigenvalue weighted by Gasteiger charge is -2.37. The number of aromatic nitrogens is 2. The van der Waals surface area contributed by atoms with Crippen molar-refractivity contribution >= 4 is 5.91 Å². The van der Waals surface area contributed by atoms with Crippen molar-refractivity contribution in [2.75, 3.05) is 6.54 Å². The minimum atomic E-state index is 0.0181. The Hall–Kier alpha value is -2.04. The number of carbonyl (C=O) groups is 1. The highest BCUT2D eigenvalue weighted by molar-refractivity contribution is 5.95. The van der Waals surface area contributed by atoms with Crippen molar-refractivity contribution in [3.63, 3.8) is 0 Å². The van der Waals surface area contributed by atoms with Crippen LogP contribution in [0.1, 0.15) is 53.4 Å². The molecule has 1 amide bonds. The second-order valence-corrected chi connectivity index (χ2v) is 6.39. The maximum absolute atomic E-state index is 13.0. The van der Waals surface area contributed by atoms with Crippen molar-refractivity contribution in [1.29, 1.82) is 0 Å². The highest BCUT2D eigenvalue weighted by Gasteiger charge is 2.34. The zero-order chi connectivity index (χ0) is 15.9. The standard InChI is InChI=1S/C17H23N3O2/c1-11-7-8-20(15(9-11)16-6-5-12(2)22-16)17(21)14-10-19(4)18-13(14)3/h5-6,10-11,15H,7-9H2,1-4H3/t11-,15-/m0/s1. The maximum Gasteiger partial charge on any atom is 0.257 e. The minimum Gasteiger partial charge on any atom is -0.464 e. The molecule has 3 rings (SSSR count). The molecule has 0 aromatic carbocycles. The van der Waals surface area contributed by atoms with Gasteiger partial charge in [-0.15, -0.1) is 0 Å². The molecule has 5 nitrogen and oxygen atoms in total. The fraction of sp³-hybridized carbons (Fsp3) is 0.529. The number of nitrogens with zero attached hydrogens (tertiary/aromatic N) is 3. The largest absolute Gasteiger partial charge is 0.464 e.